The third-order valence-electron chi connectivity index (χ3n) is 6.13. The Kier molecular flexibility index (Phi) is 7.50. The predicted molar refractivity (Wildman–Crippen MR) is 136 cm³/mol. The lowest BCUT2D eigenvalue weighted by Crippen LogP contribution is -2.35. The Hall–Kier alpha value is -3.97. The van der Waals surface area contributed by atoms with E-state index in [1.54, 1.807) is 24.3 Å². The molecule has 4 rings (SSSR count). The van der Waals surface area contributed by atoms with Crippen molar-refractivity contribution in [3.63, 3.8) is 0 Å². The number of rotatable bonds is 8. The number of nitrogens with zero attached hydrogens (tertiary/aromatic N) is 2. The molecule has 7 heteroatoms. The lowest BCUT2D eigenvalue weighted by Gasteiger charge is -2.26. The smallest absolute Gasteiger partial charge is 0.295 e. The van der Waals surface area contributed by atoms with Gasteiger partial charge in [0.15, 0.2) is 0 Å². The number of aliphatic hydroxyl groups excluding tert-OH is 1. The zero-order valence-electron chi connectivity index (χ0n) is 20.6. The van der Waals surface area contributed by atoms with E-state index in [1.165, 1.54) is 29.2 Å². The van der Waals surface area contributed by atoms with E-state index >= 15 is 0 Å². The Bertz CT molecular complexity index is 1280. The molecule has 0 bridgehead atoms. The van der Waals surface area contributed by atoms with Gasteiger partial charge in [-0.25, -0.2) is 4.39 Å². The molecule has 1 fully saturated rings. The molecular weight excluding hydrogens is 459 g/mol. The van der Waals surface area contributed by atoms with Crippen LogP contribution in [0.4, 0.5) is 4.39 Å². The molecule has 0 aliphatic carbocycles. The Morgan fingerprint density at radius 1 is 1.03 bits per heavy atom. The Morgan fingerprint density at radius 3 is 2.36 bits per heavy atom. The molecule has 1 unspecified atom stereocenters. The molecule has 186 valence electrons. The molecule has 1 aliphatic heterocycles. The number of aryl methyl sites for hydroxylation is 1. The van der Waals surface area contributed by atoms with Gasteiger partial charge < -0.3 is 19.6 Å². The molecule has 1 saturated heterocycles. The average molecular weight is 489 g/mol. The second-order valence-corrected chi connectivity index (χ2v) is 9.15. The first-order valence-electron chi connectivity index (χ1n) is 11.7. The second-order valence-electron chi connectivity index (χ2n) is 9.15. The fourth-order valence-electron chi connectivity index (χ4n) is 4.24. The van der Waals surface area contributed by atoms with Crippen LogP contribution in [0.15, 0.2) is 78.4 Å². The molecule has 1 N–H and O–H groups in total. The standard InChI is InChI=1S/C29H29FN2O4/c1-19-5-4-6-20(17-19)18-36-24-13-9-22(10-14-24)27(33)25-26(21-7-11-23(30)12-8-21)32(16-15-31(2)3)29(35)28(25)34/h4-14,17,26,33H,15-16,18H2,1-3H3/b27-25-. The summed E-state index contributed by atoms with van der Waals surface area (Å²) in [7, 11) is 3.73. The van der Waals surface area contributed by atoms with Gasteiger partial charge in [-0.1, -0.05) is 42.0 Å². The number of aliphatic hydroxyl groups is 1. The van der Waals surface area contributed by atoms with Gasteiger partial charge in [0, 0.05) is 18.7 Å². The van der Waals surface area contributed by atoms with E-state index in [2.05, 4.69) is 0 Å². The number of carbonyl (C=O) groups excluding carboxylic acids is 2. The lowest BCUT2D eigenvalue weighted by atomic mass is 9.95. The van der Waals surface area contributed by atoms with Gasteiger partial charge in [-0.15, -0.1) is 0 Å². The summed E-state index contributed by atoms with van der Waals surface area (Å²) in [5.41, 5.74) is 3.11. The second kappa shape index (κ2) is 10.7. The highest BCUT2D eigenvalue weighted by molar-refractivity contribution is 6.46. The van der Waals surface area contributed by atoms with Gasteiger partial charge in [-0.2, -0.15) is 0 Å². The summed E-state index contributed by atoms with van der Waals surface area (Å²) >= 11 is 0. The van der Waals surface area contributed by atoms with E-state index in [1.807, 2.05) is 50.2 Å². The summed E-state index contributed by atoms with van der Waals surface area (Å²) in [4.78, 5) is 29.3. The number of Topliss-reactive ketones (excluding diaryl/α,β-unsaturated/α-hetero) is 1. The first kappa shape index (κ1) is 25.1. The summed E-state index contributed by atoms with van der Waals surface area (Å²) in [6.45, 7) is 3.22. The fourth-order valence-corrected chi connectivity index (χ4v) is 4.24. The zero-order valence-corrected chi connectivity index (χ0v) is 20.6. The monoisotopic (exact) mass is 488 g/mol. The fraction of sp³-hybridized carbons (Fsp3) is 0.241. The van der Waals surface area contributed by atoms with Gasteiger partial charge in [0.2, 0.25) is 0 Å². The minimum Gasteiger partial charge on any atom is -0.507 e. The number of ketones is 1. The number of ether oxygens (including phenoxy) is 1. The van der Waals surface area contributed by atoms with Crippen molar-refractivity contribution >= 4 is 17.4 Å². The maximum absolute atomic E-state index is 13.6. The normalized spacial score (nSPS) is 17.1. The van der Waals surface area contributed by atoms with Crippen molar-refractivity contribution in [2.75, 3.05) is 27.2 Å². The Morgan fingerprint density at radius 2 is 1.72 bits per heavy atom. The first-order chi connectivity index (χ1) is 17.2. The van der Waals surface area contributed by atoms with Crippen LogP contribution in [-0.4, -0.2) is 53.8 Å². The lowest BCUT2D eigenvalue weighted by molar-refractivity contribution is -0.140. The number of carbonyl (C=O) groups is 2. The Labute approximate surface area is 210 Å². The van der Waals surface area contributed by atoms with Gasteiger partial charge in [-0.3, -0.25) is 9.59 Å². The molecule has 36 heavy (non-hydrogen) atoms. The summed E-state index contributed by atoms with van der Waals surface area (Å²) < 4.78 is 19.5. The van der Waals surface area contributed by atoms with Gasteiger partial charge in [0.25, 0.3) is 11.7 Å². The molecule has 0 saturated carbocycles. The van der Waals surface area contributed by atoms with E-state index in [-0.39, 0.29) is 17.9 Å². The molecule has 3 aromatic carbocycles. The Balaban J connectivity index is 1.64. The largest absolute Gasteiger partial charge is 0.507 e. The quantitative estimate of drug-likeness (QED) is 0.283. The third kappa shape index (κ3) is 5.47. The third-order valence-corrected chi connectivity index (χ3v) is 6.13. The number of amides is 1. The van der Waals surface area contributed by atoms with Crippen molar-refractivity contribution in [2.24, 2.45) is 0 Å². The van der Waals surface area contributed by atoms with Gasteiger partial charge in [0.05, 0.1) is 11.6 Å². The number of likely N-dealkylation sites (N-methyl/N-ethyl adjacent to an activating group) is 1. The number of likely N-dealkylation sites (tertiary alicyclic amines) is 1. The molecule has 3 aromatic rings. The number of halogens is 1. The minimum absolute atomic E-state index is 0.0150. The van der Waals surface area contributed by atoms with Crippen molar-refractivity contribution in [1.82, 2.24) is 9.80 Å². The van der Waals surface area contributed by atoms with Crippen LogP contribution in [0.1, 0.15) is 28.3 Å². The highest BCUT2D eigenvalue weighted by atomic mass is 19.1. The predicted octanol–water partition coefficient (Wildman–Crippen LogP) is 4.70. The van der Waals surface area contributed by atoms with Crippen molar-refractivity contribution in [3.05, 3.63) is 106 Å². The SMILES string of the molecule is Cc1cccc(COc2ccc(/C(O)=C3/C(=O)C(=O)N(CCN(C)C)C3c3ccc(F)cc3)cc2)c1. The summed E-state index contributed by atoms with van der Waals surface area (Å²) in [5, 5.41) is 11.2. The average Bonchev–Trinajstić information content (AvgIpc) is 3.11. The van der Waals surface area contributed by atoms with Crippen LogP contribution in [0, 0.1) is 12.7 Å². The van der Waals surface area contributed by atoms with E-state index < -0.39 is 23.5 Å². The number of benzene rings is 3. The zero-order chi connectivity index (χ0) is 25.8. The van der Waals surface area contributed by atoms with Crippen LogP contribution in [0.5, 0.6) is 5.75 Å². The highest BCUT2D eigenvalue weighted by Crippen LogP contribution is 2.39. The summed E-state index contributed by atoms with van der Waals surface area (Å²) in [5.74, 6) is -1.55. The van der Waals surface area contributed by atoms with Crippen LogP contribution < -0.4 is 4.74 Å². The highest BCUT2D eigenvalue weighted by Gasteiger charge is 2.45. The molecule has 1 atom stereocenters. The first-order valence-corrected chi connectivity index (χ1v) is 11.7. The van der Waals surface area contributed by atoms with Gasteiger partial charge in [0.1, 0.15) is 23.9 Å². The van der Waals surface area contributed by atoms with Crippen LogP contribution in [0.2, 0.25) is 0 Å². The molecule has 0 spiro atoms. The van der Waals surface area contributed by atoms with E-state index in [4.69, 9.17) is 4.74 Å². The van der Waals surface area contributed by atoms with Crippen molar-refractivity contribution < 1.29 is 23.8 Å². The van der Waals surface area contributed by atoms with Crippen molar-refractivity contribution in [2.45, 2.75) is 19.6 Å². The maximum Gasteiger partial charge on any atom is 0.295 e. The number of hydrogen-bond acceptors (Lipinski definition) is 5. The van der Waals surface area contributed by atoms with Gasteiger partial charge >= 0.3 is 0 Å². The molecule has 1 heterocycles. The van der Waals surface area contributed by atoms with Crippen LogP contribution >= 0.6 is 0 Å². The maximum atomic E-state index is 13.6. The molecule has 0 aromatic heterocycles. The van der Waals surface area contributed by atoms with Gasteiger partial charge in [-0.05, 0) is 68.5 Å². The minimum atomic E-state index is -0.817. The van der Waals surface area contributed by atoms with E-state index in [0.717, 1.165) is 11.1 Å². The molecule has 0 radical (unpaired) electrons. The van der Waals surface area contributed by atoms with Crippen LogP contribution in [-0.2, 0) is 16.2 Å². The number of hydrogen-bond donors (Lipinski definition) is 1. The molecule has 6 nitrogen and oxygen atoms in total. The topological polar surface area (TPSA) is 70.1 Å². The molecule has 1 amide bonds. The van der Waals surface area contributed by atoms with Crippen LogP contribution in [0.25, 0.3) is 5.76 Å². The summed E-state index contributed by atoms with van der Waals surface area (Å²) in [6.07, 6.45) is 0. The van der Waals surface area contributed by atoms with Crippen molar-refractivity contribution in [3.8, 4) is 5.75 Å². The van der Waals surface area contributed by atoms with E-state index in [9.17, 15) is 19.1 Å². The van der Waals surface area contributed by atoms with Crippen LogP contribution in [0.3, 0.4) is 0 Å². The summed E-state index contributed by atoms with van der Waals surface area (Å²) in [6, 6.07) is 19.5. The van der Waals surface area contributed by atoms with Crippen molar-refractivity contribution in [1.29, 1.82) is 0 Å². The van der Waals surface area contributed by atoms with E-state index in [0.29, 0.717) is 30.0 Å². The molecular formula is C29H29FN2O4. The molecule has 1 aliphatic rings.